The second-order valence-electron chi connectivity index (χ2n) is 7.35. The van der Waals surface area contributed by atoms with Crippen LogP contribution in [0.25, 0.3) is 11.1 Å². The molecule has 0 heterocycles. The van der Waals surface area contributed by atoms with Crippen LogP contribution in [0.5, 0.6) is 5.75 Å². The number of carbonyl (C=O) groups excluding carboxylic acids is 1. The van der Waals surface area contributed by atoms with Gasteiger partial charge in [0.05, 0.1) is 12.0 Å². The third-order valence-corrected chi connectivity index (χ3v) is 4.96. The van der Waals surface area contributed by atoms with Gasteiger partial charge in [0, 0.05) is 12.1 Å². The van der Waals surface area contributed by atoms with E-state index in [4.69, 9.17) is 9.84 Å². The van der Waals surface area contributed by atoms with E-state index >= 15 is 0 Å². The van der Waals surface area contributed by atoms with Crippen LogP contribution in [0, 0.1) is 0 Å². The number of carbonyl (C=O) groups is 2. The molecule has 33 heavy (non-hydrogen) atoms. The number of hydrogen-bond donors (Lipinski definition) is 2. The normalized spacial score (nSPS) is 12.1. The van der Waals surface area contributed by atoms with Crippen molar-refractivity contribution >= 4 is 11.9 Å². The zero-order valence-corrected chi connectivity index (χ0v) is 17.7. The summed E-state index contributed by atoms with van der Waals surface area (Å²) in [6.07, 6.45) is -5.39. The Morgan fingerprint density at radius 1 is 1.00 bits per heavy atom. The summed E-state index contributed by atoms with van der Waals surface area (Å²) in [5, 5.41) is 11.1. The molecule has 0 fully saturated rings. The summed E-state index contributed by atoms with van der Waals surface area (Å²) < 4.78 is 47.0. The predicted molar refractivity (Wildman–Crippen MR) is 117 cm³/mol. The Kier molecular flexibility index (Phi) is 7.37. The van der Waals surface area contributed by atoms with Gasteiger partial charge in [-0.1, -0.05) is 42.5 Å². The molecule has 2 N–H and O–H groups in total. The number of nitrogens with one attached hydrogen (secondary N) is 1. The van der Waals surface area contributed by atoms with Crippen molar-refractivity contribution in [2.45, 2.75) is 25.6 Å². The molecule has 0 aromatic heterocycles. The molecule has 0 aliphatic rings. The number of benzene rings is 3. The van der Waals surface area contributed by atoms with Crippen LogP contribution in [-0.2, 0) is 11.0 Å². The highest BCUT2D eigenvalue weighted by molar-refractivity contribution is 5.94. The molecule has 5 nitrogen and oxygen atoms in total. The zero-order chi connectivity index (χ0) is 24.0. The largest absolute Gasteiger partial charge is 0.486 e. The molecule has 0 aliphatic heterocycles. The first kappa shape index (κ1) is 23.8. The number of aliphatic carboxylic acids is 1. The molecule has 1 amide bonds. The summed E-state index contributed by atoms with van der Waals surface area (Å²) >= 11 is 0. The zero-order valence-electron chi connectivity index (χ0n) is 17.7. The summed E-state index contributed by atoms with van der Waals surface area (Å²) in [7, 11) is 0. The van der Waals surface area contributed by atoms with Crippen LogP contribution in [0.3, 0.4) is 0 Å². The number of carboxylic acids is 1. The molecule has 172 valence electrons. The van der Waals surface area contributed by atoms with E-state index in [1.165, 1.54) is 30.3 Å². The lowest BCUT2D eigenvalue weighted by molar-refractivity contribution is -0.137. The monoisotopic (exact) mass is 457 g/mol. The van der Waals surface area contributed by atoms with Crippen molar-refractivity contribution in [1.29, 1.82) is 0 Å². The maximum absolute atomic E-state index is 13.7. The molecule has 0 aliphatic carbocycles. The molecular formula is C25H22F3NO4. The van der Waals surface area contributed by atoms with Gasteiger partial charge in [-0.15, -0.1) is 0 Å². The van der Waals surface area contributed by atoms with Crippen LogP contribution in [0.4, 0.5) is 13.2 Å². The number of rotatable bonds is 8. The summed E-state index contributed by atoms with van der Waals surface area (Å²) in [6.45, 7) is 1.65. The smallest absolute Gasteiger partial charge is 0.417 e. The predicted octanol–water partition coefficient (Wildman–Crippen LogP) is 5.72. The first-order valence-corrected chi connectivity index (χ1v) is 10.2. The van der Waals surface area contributed by atoms with Crippen LogP contribution in [0.15, 0.2) is 72.8 Å². The van der Waals surface area contributed by atoms with Gasteiger partial charge in [-0.2, -0.15) is 13.2 Å². The van der Waals surface area contributed by atoms with E-state index in [1.807, 2.05) is 0 Å². The maximum atomic E-state index is 13.7. The van der Waals surface area contributed by atoms with Gasteiger partial charge in [-0.25, -0.2) is 0 Å². The van der Waals surface area contributed by atoms with E-state index in [9.17, 15) is 22.8 Å². The quantitative estimate of drug-likeness (QED) is 0.454. The Bertz CT molecular complexity index is 1110. The van der Waals surface area contributed by atoms with Crippen molar-refractivity contribution in [2.75, 3.05) is 6.54 Å². The molecule has 3 rings (SSSR count). The van der Waals surface area contributed by atoms with Gasteiger partial charge in [0.25, 0.3) is 5.91 Å². The second-order valence-corrected chi connectivity index (χ2v) is 7.35. The molecule has 1 atom stereocenters. The number of carboxylic acid groups (broad SMARTS) is 1. The molecule has 1 unspecified atom stereocenters. The molecule has 3 aromatic rings. The van der Waals surface area contributed by atoms with Crippen LogP contribution in [0.2, 0.25) is 0 Å². The molecule has 0 spiro atoms. The molecule has 0 saturated heterocycles. The van der Waals surface area contributed by atoms with Crippen LogP contribution < -0.4 is 10.1 Å². The Balaban J connectivity index is 1.74. The Labute approximate surface area is 188 Å². The van der Waals surface area contributed by atoms with Crippen molar-refractivity contribution in [3.8, 4) is 16.9 Å². The van der Waals surface area contributed by atoms with Gasteiger partial charge in [0.2, 0.25) is 0 Å². The van der Waals surface area contributed by atoms with E-state index in [2.05, 4.69) is 5.32 Å². The van der Waals surface area contributed by atoms with Crippen molar-refractivity contribution in [1.82, 2.24) is 5.32 Å². The van der Waals surface area contributed by atoms with Crippen molar-refractivity contribution in [3.05, 3.63) is 89.5 Å². The summed E-state index contributed by atoms with van der Waals surface area (Å²) in [5.74, 6) is -1.06. The first-order valence-electron chi connectivity index (χ1n) is 10.2. The SMILES string of the molecule is CC(Oc1ccc(C(=O)NCCC(=O)O)cc1)c1ccc(-c2ccccc2)c(C(F)(F)F)c1. The maximum Gasteiger partial charge on any atom is 0.417 e. The fourth-order valence-corrected chi connectivity index (χ4v) is 3.26. The number of alkyl halides is 3. The van der Waals surface area contributed by atoms with E-state index in [1.54, 1.807) is 43.3 Å². The lowest BCUT2D eigenvalue weighted by Gasteiger charge is -2.19. The van der Waals surface area contributed by atoms with Gasteiger partial charge in [-0.05, 0) is 53.9 Å². The average Bonchev–Trinajstić information content (AvgIpc) is 2.79. The second kappa shape index (κ2) is 10.2. The molecule has 3 aromatic carbocycles. The minimum absolute atomic E-state index is 0.00394. The van der Waals surface area contributed by atoms with E-state index < -0.39 is 29.7 Å². The first-order chi connectivity index (χ1) is 15.6. The highest BCUT2D eigenvalue weighted by Crippen LogP contribution is 2.39. The standard InChI is InChI=1S/C25H22F3NO4/c1-16(33-20-10-7-18(8-11-20)24(32)29-14-13-23(30)31)19-9-12-21(17-5-3-2-4-6-17)22(15-19)25(26,27)28/h2-12,15-16H,13-14H2,1H3,(H,29,32)(H,30,31). The third kappa shape index (κ3) is 6.35. The van der Waals surface area contributed by atoms with Crippen molar-refractivity contribution in [2.24, 2.45) is 0 Å². The van der Waals surface area contributed by atoms with Gasteiger partial charge in [0.1, 0.15) is 11.9 Å². The molecular weight excluding hydrogens is 435 g/mol. The van der Waals surface area contributed by atoms with Crippen molar-refractivity contribution < 1.29 is 32.6 Å². The lowest BCUT2D eigenvalue weighted by Crippen LogP contribution is -2.25. The van der Waals surface area contributed by atoms with Gasteiger partial charge < -0.3 is 15.2 Å². The Morgan fingerprint density at radius 2 is 1.67 bits per heavy atom. The molecule has 8 heteroatoms. The van der Waals surface area contributed by atoms with E-state index in [-0.39, 0.29) is 18.5 Å². The van der Waals surface area contributed by atoms with E-state index in [0.717, 1.165) is 6.07 Å². The van der Waals surface area contributed by atoms with Crippen LogP contribution in [0.1, 0.15) is 40.9 Å². The Hall–Kier alpha value is -3.81. The molecule has 0 bridgehead atoms. The Morgan fingerprint density at radius 3 is 2.27 bits per heavy atom. The highest BCUT2D eigenvalue weighted by atomic mass is 19.4. The van der Waals surface area contributed by atoms with Crippen molar-refractivity contribution in [3.63, 3.8) is 0 Å². The third-order valence-electron chi connectivity index (χ3n) is 4.96. The van der Waals surface area contributed by atoms with Crippen LogP contribution in [-0.4, -0.2) is 23.5 Å². The molecule has 0 radical (unpaired) electrons. The number of hydrogen-bond acceptors (Lipinski definition) is 3. The summed E-state index contributed by atoms with van der Waals surface area (Å²) in [5.41, 5.74) is 0.499. The van der Waals surface area contributed by atoms with E-state index in [0.29, 0.717) is 22.4 Å². The fraction of sp³-hybridized carbons (Fsp3) is 0.200. The number of amides is 1. The minimum atomic E-state index is -4.53. The summed E-state index contributed by atoms with van der Waals surface area (Å²) in [6, 6.07) is 18.6. The fourth-order valence-electron chi connectivity index (χ4n) is 3.26. The topological polar surface area (TPSA) is 75.6 Å². The summed E-state index contributed by atoms with van der Waals surface area (Å²) in [4.78, 5) is 22.5. The van der Waals surface area contributed by atoms with Crippen LogP contribution >= 0.6 is 0 Å². The van der Waals surface area contributed by atoms with Gasteiger partial charge in [0.15, 0.2) is 0 Å². The number of halogens is 3. The van der Waals surface area contributed by atoms with Gasteiger partial charge >= 0.3 is 12.1 Å². The van der Waals surface area contributed by atoms with Gasteiger partial charge in [-0.3, -0.25) is 9.59 Å². The number of ether oxygens (including phenoxy) is 1. The minimum Gasteiger partial charge on any atom is -0.486 e. The molecule has 0 saturated carbocycles. The average molecular weight is 457 g/mol. The lowest BCUT2D eigenvalue weighted by atomic mass is 9.95. The highest BCUT2D eigenvalue weighted by Gasteiger charge is 2.34.